The van der Waals surface area contributed by atoms with Crippen LogP contribution in [0.3, 0.4) is 0 Å². The molecule has 0 aromatic rings. The third kappa shape index (κ3) is 2.23. The molecule has 0 aromatic carbocycles. The van der Waals surface area contributed by atoms with E-state index >= 15 is 0 Å². The predicted octanol–water partition coefficient (Wildman–Crippen LogP) is 6.30. The van der Waals surface area contributed by atoms with Crippen LogP contribution in [-0.2, 0) is 19.1 Å². The Bertz CT molecular complexity index is 1010. The summed E-state index contributed by atoms with van der Waals surface area (Å²) in [5.41, 5.74) is -2.09. The molecule has 1 aliphatic heterocycles. The number of hydrogen-bond donors (Lipinski definition) is 0. The molecule has 0 radical (unpaired) electrons. The predicted molar refractivity (Wildman–Crippen MR) is 130 cm³/mol. The minimum atomic E-state index is -0.964. The van der Waals surface area contributed by atoms with Gasteiger partial charge in [0.05, 0.1) is 5.41 Å². The van der Waals surface area contributed by atoms with E-state index in [-0.39, 0.29) is 50.7 Å². The molecule has 188 valence electrons. The molecule has 5 aliphatic carbocycles. The topological polar surface area (TPSA) is 60.4 Å². The van der Waals surface area contributed by atoms with Crippen molar-refractivity contribution in [2.24, 2.45) is 50.2 Å². The Morgan fingerprint density at radius 3 is 2.12 bits per heavy atom. The average molecular weight is 469 g/mol. The molecule has 6 fully saturated rings. The summed E-state index contributed by atoms with van der Waals surface area (Å²) < 4.78 is 6.52. The highest BCUT2D eigenvalue weighted by Crippen LogP contribution is 2.79. The molecule has 6 rings (SSSR count). The Kier molecular flexibility index (Phi) is 4.23. The zero-order valence-electron chi connectivity index (χ0n) is 22.4. The van der Waals surface area contributed by atoms with Crippen LogP contribution in [0.25, 0.3) is 0 Å². The molecule has 1 spiro atoms. The molecule has 0 aromatic heterocycles. The SMILES string of the molecule is CC1(C)CC[C@@]23CC[C@@]4(C)[C@]5(C)CC[C@H]6C(C)(C)C(=O)CC[C@]6(C)[C@H]5CC(=O)[C@]4(OC2=O)[C@@H]3C1. The lowest BCUT2D eigenvalue weighted by molar-refractivity contribution is -0.261. The maximum Gasteiger partial charge on any atom is 0.313 e. The van der Waals surface area contributed by atoms with Crippen LogP contribution in [0.15, 0.2) is 0 Å². The fourth-order valence-corrected chi connectivity index (χ4v) is 11.3. The highest BCUT2D eigenvalue weighted by Gasteiger charge is 2.83. The summed E-state index contributed by atoms with van der Waals surface area (Å²) >= 11 is 0. The van der Waals surface area contributed by atoms with Gasteiger partial charge < -0.3 is 4.74 Å². The Hall–Kier alpha value is -1.19. The van der Waals surface area contributed by atoms with Gasteiger partial charge in [0.2, 0.25) is 0 Å². The number of fused-ring (bicyclic) bond motifs is 4. The van der Waals surface area contributed by atoms with Crippen molar-refractivity contribution in [1.82, 2.24) is 0 Å². The van der Waals surface area contributed by atoms with E-state index in [9.17, 15) is 14.4 Å². The van der Waals surface area contributed by atoms with Gasteiger partial charge in [-0.3, -0.25) is 14.4 Å². The minimum absolute atomic E-state index is 0.00943. The van der Waals surface area contributed by atoms with Gasteiger partial charge >= 0.3 is 5.97 Å². The van der Waals surface area contributed by atoms with Crippen molar-refractivity contribution in [2.45, 2.75) is 118 Å². The van der Waals surface area contributed by atoms with Crippen LogP contribution in [0.1, 0.15) is 113 Å². The van der Waals surface area contributed by atoms with E-state index in [2.05, 4.69) is 48.5 Å². The Balaban J connectivity index is 1.50. The summed E-state index contributed by atoms with van der Waals surface area (Å²) in [7, 11) is 0. The molecule has 6 aliphatic rings. The summed E-state index contributed by atoms with van der Waals surface area (Å²) in [5.74, 6) is 1.07. The summed E-state index contributed by atoms with van der Waals surface area (Å²) in [6, 6.07) is 0. The first-order chi connectivity index (χ1) is 15.6. The first kappa shape index (κ1) is 23.2. The van der Waals surface area contributed by atoms with E-state index in [1.807, 2.05) is 0 Å². The van der Waals surface area contributed by atoms with E-state index in [4.69, 9.17) is 4.74 Å². The molecule has 4 nitrogen and oxygen atoms in total. The maximum atomic E-state index is 14.5. The summed E-state index contributed by atoms with van der Waals surface area (Å²) in [6.45, 7) is 16.0. The van der Waals surface area contributed by atoms with E-state index in [1.54, 1.807) is 0 Å². The van der Waals surface area contributed by atoms with E-state index in [0.29, 0.717) is 24.5 Å². The largest absolute Gasteiger partial charge is 0.450 e. The molecule has 0 unspecified atom stereocenters. The highest BCUT2D eigenvalue weighted by atomic mass is 16.6. The number of esters is 1. The summed E-state index contributed by atoms with van der Waals surface area (Å²) in [6.07, 6.45) is 8.62. The molecule has 34 heavy (non-hydrogen) atoms. The normalized spacial score (nSPS) is 54.9. The van der Waals surface area contributed by atoms with Crippen molar-refractivity contribution >= 4 is 17.5 Å². The zero-order chi connectivity index (χ0) is 24.7. The molecule has 1 heterocycles. The van der Waals surface area contributed by atoms with Crippen LogP contribution in [0, 0.1) is 50.2 Å². The third-order valence-corrected chi connectivity index (χ3v) is 13.6. The fourth-order valence-electron chi connectivity index (χ4n) is 11.3. The van der Waals surface area contributed by atoms with Crippen LogP contribution in [0.2, 0.25) is 0 Å². The van der Waals surface area contributed by atoms with Gasteiger partial charge in [0.25, 0.3) is 0 Å². The zero-order valence-corrected chi connectivity index (χ0v) is 22.4. The maximum absolute atomic E-state index is 14.5. The van der Waals surface area contributed by atoms with E-state index in [0.717, 1.165) is 51.4 Å². The molecule has 0 N–H and O–H groups in total. The van der Waals surface area contributed by atoms with Gasteiger partial charge in [-0.1, -0.05) is 48.5 Å². The first-order valence-electron chi connectivity index (χ1n) is 13.9. The van der Waals surface area contributed by atoms with Crippen molar-refractivity contribution in [3.63, 3.8) is 0 Å². The second kappa shape index (κ2) is 6.20. The number of rotatable bonds is 0. The molecular formula is C30H44O4. The second-order valence-corrected chi connectivity index (χ2v) is 15.4. The van der Waals surface area contributed by atoms with Crippen LogP contribution >= 0.6 is 0 Å². The highest BCUT2D eigenvalue weighted by molar-refractivity contribution is 5.98. The lowest BCUT2D eigenvalue weighted by atomic mass is 9.30. The van der Waals surface area contributed by atoms with E-state index < -0.39 is 11.0 Å². The lowest BCUT2D eigenvalue weighted by Gasteiger charge is -2.72. The van der Waals surface area contributed by atoms with Crippen molar-refractivity contribution in [1.29, 1.82) is 0 Å². The van der Waals surface area contributed by atoms with Gasteiger partial charge in [-0.15, -0.1) is 0 Å². The van der Waals surface area contributed by atoms with Crippen LogP contribution in [0.4, 0.5) is 0 Å². The smallest absolute Gasteiger partial charge is 0.313 e. The van der Waals surface area contributed by atoms with E-state index in [1.165, 1.54) is 0 Å². The van der Waals surface area contributed by atoms with Gasteiger partial charge in [-0.05, 0) is 79.4 Å². The quantitative estimate of drug-likeness (QED) is 0.392. The minimum Gasteiger partial charge on any atom is -0.450 e. The number of ketones is 2. The second-order valence-electron chi connectivity index (χ2n) is 15.4. The molecule has 0 amide bonds. The number of carbonyl (C=O) groups excluding carboxylic acids is 3. The summed E-state index contributed by atoms with van der Waals surface area (Å²) in [5, 5.41) is 0. The molecule has 5 saturated carbocycles. The summed E-state index contributed by atoms with van der Waals surface area (Å²) in [4.78, 5) is 41.1. The lowest BCUT2D eigenvalue weighted by Crippen LogP contribution is -2.75. The van der Waals surface area contributed by atoms with Gasteiger partial charge in [-0.25, -0.2) is 0 Å². The number of ether oxygens (including phenoxy) is 1. The van der Waals surface area contributed by atoms with Crippen LogP contribution in [-0.4, -0.2) is 23.1 Å². The standard InChI is InChI=1S/C30H44O4/c1-24(2)12-14-29-15-13-28(7)27(6)11-8-18-25(3,4)21(31)9-10-26(18,5)19(27)16-22(32)30(28,20(29)17-24)34-23(29)33/h18-20H,8-17H2,1-7H3/t18-,19+,20+,26-,27+,28-,29-,30+/m0/s1. The van der Waals surface area contributed by atoms with Crippen LogP contribution in [0.5, 0.6) is 0 Å². The Labute approximate surface area is 205 Å². The molecular weight excluding hydrogens is 424 g/mol. The van der Waals surface area contributed by atoms with Gasteiger partial charge in [0.1, 0.15) is 5.78 Å². The Morgan fingerprint density at radius 2 is 1.41 bits per heavy atom. The fraction of sp³-hybridized carbons (Fsp3) is 0.900. The average Bonchev–Trinajstić information content (AvgIpc) is 2.93. The van der Waals surface area contributed by atoms with Gasteiger partial charge in [-0.2, -0.15) is 0 Å². The molecule has 1 saturated heterocycles. The monoisotopic (exact) mass is 468 g/mol. The molecule has 8 atom stereocenters. The Morgan fingerprint density at radius 1 is 0.735 bits per heavy atom. The van der Waals surface area contributed by atoms with Crippen molar-refractivity contribution in [2.75, 3.05) is 0 Å². The van der Waals surface area contributed by atoms with Crippen molar-refractivity contribution in [3.8, 4) is 0 Å². The molecule has 2 bridgehead atoms. The van der Waals surface area contributed by atoms with Gasteiger partial charge in [0.15, 0.2) is 11.4 Å². The van der Waals surface area contributed by atoms with Gasteiger partial charge in [0, 0.05) is 29.6 Å². The van der Waals surface area contributed by atoms with Crippen molar-refractivity contribution < 1.29 is 19.1 Å². The molecule has 4 heteroatoms. The number of hydrogen-bond acceptors (Lipinski definition) is 4. The third-order valence-electron chi connectivity index (χ3n) is 13.6. The first-order valence-corrected chi connectivity index (χ1v) is 13.9. The van der Waals surface area contributed by atoms with Crippen LogP contribution < -0.4 is 0 Å². The number of carbonyl (C=O) groups is 3. The van der Waals surface area contributed by atoms with Crippen molar-refractivity contribution in [3.05, 3.63) is 0 Å². The number of Topliss-reactive ketones (excluding diaryl/α,β-unsaturated/α-hetero) is 2.